The zero-order valence-electron chi connectivity index (χ0n) is 10.9. The van der Waals surface area contributed by atoms with Gasteiger partial charge >= 0.3 is 0 Å². The summed E-state index contributed by atoms with van der Waals surface area (Å²) in [7, 11) is 0. The quantitative estimate of drug-likeness (QED) is 0.868. The molecule has 0 radical (unpaired) electrons. The molecule has 1 unspecified atom stereocenters. The summed E-state index contributed by atoms with van der Waals surface area (Å²) >= 11 is 3.32. The second kappa shape index (κ2) is 5.75. The van der Waals surface area contributed by atoms with Crippen LogP contribution in [0.2, 0.25) is 0 Å². The molecule has 1 aromatic heterocycles. The molecular weight excluding hydrogens is 316 g/mol. The maximum absolute atomic E-state index is 12.4. The van der Waals surface area contributed by atoms with Gasteiger partial charge in [-0.15, -0.1) is 0 Å². The normalized spacial score (nSPS) is 15.7. The van der Waals surface area contributed by atoms with E-state index in [1.165, 1.54) is 18.4 Å². The molecule has 1 aromatic carbocycles. The lowest BCUT2D eigenvalue weighted by molar-refractivity contribution is 0.0930. The van der Waals surface area contributed by atoms with Crippen LogP contribution in [0.25, 0.3) is 0 Å². The molecule has 3 rings (SSSR count). The number of benzene rings is 1. The zero-order chi connectivity index (χ0) is 13.9. The average Bonchev–Trinajstić information content (AvgIpc) is 3.30. The molecule has 4 heteroatoms. The van der Waals surface area contributed by atoms with Gasteiger partial charge in [-0.2, -0.15) is 0 Å². The Morgan fingerprint density at radius 3 is 2.60 bits per heavy atom. The molecule has 0 bridgehead atoms. The fourth-order valence-corrected chi connectivity index (χ4v) is 2.77. The van der Waals surface area contributed by atoms with Gasteiger partial charge in [0.1, 0.15) is 4.60 Å². The smallest absolute Gasteiger partial charge is 0.254 e. The van der Waals surface area contributed by atoms with E-state index in [0.29, 0.717) is 16.1 Å². The minimum Gasteiger partial charge on any atom is -0.345 e. The first-order valence-electron chi connectivity index (χ1n) is 6.72. The number of carbonyl (C=O) groups excluding carboxylic acids is 1. The van der Waals surface area contributed by atoms with Crippen molar-refractivity contribution in [3.05, 3.63) is 64.4 Å². The van der Waals surface area contributed by atoms with Crippen molar-refractivity contribution < 1.29 is 4.79 Å². The van der Waals surface area contributed by atoms with Gasteiger partial charge in [-0.25, -0.2) is 4.98 Å². The summed E-state index contributed by atoms with van der Waals surface area (Å²) in [6.45, 7) is 0. The van der Waals surface area contributed by atoms with Gasteiger partial charge in [0, 0.05) is 6.20 Å². The first-order valence-corrected chi connectivity index (χ1v) is 7.51. The summed E-state index contributed by atoms with van der Waals surface area (Å²) in [5, 5.41) is 3.14. The van der Waals surface area contributed by atoms with Gasteiger partial charge in [0.15, 0.2) is 0 Å². The van der Waals surface area contributed by atoms with Gasteiger partial charge in [0.05, 0.1) is 11.6 Å². The van der Waals surface area contributed by atoms with Crippen molar-refractivity contribution in [3.8, 4) is 0 Å². The Morgan fingerprint density at radius 1 is 1.20 bits per heavy atom. The molecule has 0 spiro atoms. The van der Waals surface area contributed by atoms with Crippen LogP contribution in [0, 0.1) is 5.92 Å². The Morgan fingerprint density at radius 2 is 1.95 bits per heavy atom. The number of nitrogens with zero attached hydrogens (tertiary/aromatic N) is 1. The molecule has 0 saturated heterocycles. The van der Waals surface area contributed by atoms with Crippen LogP contribution in [-0.4, -0.2) is 10.9 Å². The molecule has 1 saturated carbocycles. The molecular formula is C16H15BrN2O. The van der Waals surface area contributed by atoms with Gasteiger partial charge in [0.25, 0.3) is 5.91 Å². The molecule has 1 fully saturated rings. The van der Waals surface area contributed by atoms with Crippen molar-refractivity contribution in [2.24, 2.45) is 5.92 Å². The van der Waals surface area contributed by atoms with Gasteiger partial charge in [-0.3, -0.25) is 4.79 Å². The SMILES string of the molecule is O=C(NC(c1ccccc1)C1CC1)c1cccnc1Br. The van der Waals surface area contributed by atoms with E-state index in [9.17, 15) is 4.79 Å². The highest BCUT2D eigenvalue weighted by atomic mass is 79.9. The van der Waals surface area contributed by atoms with Crippen LogP contribution < -0.4 is 5.32 Å². The third-order valence-electron chi connectivity index (χ3n) is 3.54. The Hall–Kier alpha value is -1.68. The highest BCUT2D eigenvalue weighted by Crippen LogP contribution is 2.41. The summed E-state index contributed by atoms with van der Waals surface area (Å²) in [6, 6.07) is 13.8. The number of hydrogen-bond acceptors (Lipinski definition) is 2. The van der Waals surface area contributed by atoms with E-state index in [1.54, 1.807) is 18.3 Å². The lowest BCUT2D eigenvalue weighted by Gasteiger charge is -2.19. The monoisotopic (exact) mass is 330 g/mol. The van der Waals surface area contributed by atoms with Crippen LogP contribution >= 0.6 is 15.9 Å². The van der Waals surface area contributed by atoms with E-state index in [4.69, 9.17) is 0 Å². The Kier molecular flexibility index (Phi) is 3.83. The first kappa shape index (κ1) is 13.3. The minimum atomic E-state index is -0.0780. The third kappa shape index (κ3) is 2.90. The average molecular weight is 331 g/mol. The van der Waals surface area contributed by atoms with Gasteiger partial charge < -0.3 is 5.32 Å². The molecule has 1 atom stereocenters. The Balaban J connectivity index is 1.81. The lowest BCUT2D eigenvalue weighted by atomic mass is 10.0. The minimum absolute atomic E-state index is 0.0780. The molecule has 1 aliphatic rings. The Bertz CT molecular complexity index is 611. The fraction of sp³-hybridized carbons (Fsp3) is 0.250. The fourth-order valence-electron chi connectivity index (χ4n) is 2.34. The standard InChI is InChI=1S/C16H15BrN2O/c17-15-13(7-4-10-18-15)16(20)19-14(12-8-9-12)11-5-2-1-3-6-11/h1-7,10,12,14H,8-9H2,(H,19,20). The number of aromatic nitrogens is 1. The van der Waals surface area contributed by atoms with Gasteiger partial charge in [-0.1, -0.05) is 30.3 Å². The summed E-state index contributed by atoms with van der Waals surface area (Å²) < 4.78 is 0.583. The molecule has 1 amide bonds. The number of carbonyl (C=O) groups is 1. The lowest BCUT2D eigenvalue weighted by Crippen LogP contribution is -2.30. The maximum Gasteiger partial charge on any atom is 0.254 e. The summed E-state index contributed by atoms with van der Waals surface area (Å²) in [5.74, 6) is 0.475. The van der Waals surface area contributed by atoms with Crippen molar-refractivity contribution in [2.75, 3.05) is 0 Å². The Labute approximate surface area is 126 Å². The van der Waals surface area contributed by atoms with Crippen molar-refractivity contribution in [2.45, 2.75) is 18.9 Å². The van der Waals surface area contributed by atoms with E-state index in [1.807, 2.05) is 18.2 Å². The number of rotatable bonds is 4. The van der Waals surface area contributed by atoms with Crippen LogP contribution in [0.1, 0.15) is 34.8 Å². The van der Waals surface area contributed by atoms with Crippen molar-refractivity contribution in [1.29, 1.82) is 0 Å². The van der Waals surface area contributed by atoms with Crippen LogP contribution in [0.15, 0.2) is 53.3 Å². The van der Waals surface area contributed by atoms with E-state index >= 15 is 0 Å². The number of halogens is 1. The topological polar surface area (TPSA) is 42.0 Å². The summed E-state index contributed by atoms with van der Waals surface area (Å²) in [5.41, 5.74) is 1.75. The number of hydrogen-bond donors (Lipinski definition) is 1. The second-order valence-electron chi connectivity index (χ2n) is 5.04. The van der Waals surface area contributed by atoms with E-state index in [2.05, 4.69) is 38.4 Å². The molecule has 20 heavy (non-hydrogen) atoms. The van der Waals surface area contributed by atoms with E-state index < -0.39 is 0 Å². The number of nitrogens with one attached hydrogen (secondary N) is 1. The van der Waals surface area contributed by atoms with Gasteiger partial charge in [-0.05, 0) is 52.4 Å². The van der Waals surface area contributed by atoms with Crippen LogP contribution in [0.5, 0.6) is 0 Å². The van der Waals surface area contributed by atoms with Crippen molar-refractivity contribution in [3.63, 3.8) is 0 Å². The summed E-state index contributed by atoms with van der Waals surface area (Å²) in [4.78, 5) is 16.5. The third-order valence-corrected chi connectivity index (χ3v) is 4.17. The predicted molar refractivity (Wildman–Crippen MR) is 81.3 cm³/mol. The zero-order valence-corrected chi connectivity index (χ0v) is 12.5. The van der Waals surface area contributed by atoms with Crippen molar-refractivity contribution in [1.82, 2.24) is 10.3 Å². The van der Waals surface area contributed by atoms with Crippen LogP contribution in [0.4, 0.5) is 0 Å². The highest BCUT2D eigenvalue weighted by molar-refractivity contribution is 9.10. The molecule has 0 aliphatic heterocycles. The highest BCUT2D eigenvalue weighted by Gasteiger charge is 2.33. The number of pyridine rings is 1. The number of amides is 1. The molecule has 3 nitrogen and oxygen atoms in total. The van der Waals surface area contributed by atoms with Crippen molar-refractivity contribution >= 4 is 21.8 Å². The molecule has 1 heterocycles. The van der Waals surface area contributed by atoms with E-state index in [0.717, 1.165) is 0 Å². The first-order chi connectivity index (χ1) is 9.75. The maximum atomic E-state index is 12.4. The van der Waals surface area contributed by atoms with E-state index in [-0.39, 0.29) is 11.9 Å². The molecule has 1 N–H and O–H groups in total. The van der Waals surface area contributed by atoms with Crippen LogP contribution in [-0.2, 0) is 0 Å². The predicted octanol–water partition coefficient (Wildman–Crippen LogP) is 3.73. The van der Waals surface area contributed by atoms with Crippen LogP contribution in [0.3, 0.4) is 0 Å². The molecule has 2 aromatic rings. The summed E-state index contributed by atoms with van der Waals surface area (Å²) in [6.07, 6.45) is 4.01. The second-order valence-corrected chi connectivity index (χ2v) is 5.79. The molecule has 1 aliphatic carbocycles. The largest absolute Gasteiger partial charge is 0.345 e. The molecule has 102 valence electrons. The van der Waals surface area contributed by atoms with Gasteiger partial charge in [0.2, 0.25) is 0 Å².